The summed E-state index contributed by atoms with van der Waals surface area (Å²) in [6.45, 7) is 1.02. The van der Waals surface area contributed by atoms with Gasteiger partial charge in [0.15, 0.2) is 0 Å². The topological polar surface area (TPSA) is 101 Å². The number of rotatable bonds is 4. The SMILES string of the molecule is Cc1ccc(S(=O)(=O)N(C)CC(N)=O)c(C#CCO)c1. The Morgan fingerprint density at radius 1 is 1.45 bits per heavy atom. The number of carbonyl (C=O) groups excluding carboxylic acids is 1. The van der Waals surface area contributed by atoms with E-state index >= 15 is 0 Å². The Hall–Kier alpha value is -1.88. The van der Waals surface area contributed by atoms with Crippen LogP contribution in [0.5, 0.6) is 0 Å². The first-order valence-electron chi connectivity index (χ1n) is 5.74. The largest absolute Gasteiger partial charge is 0.384 e. The summed E-state index contributed by atoms with van der Waals surface area (Å²) in [5.41, 5.74) is 6.11. The maximum absolute atomic E-state index is 12.4. The first-order valence-corrected chi connectivity index (χ1v) is 7.18. The minimum Gasteiger partial charge on any atom is -0.384 e. The molecular weight excluding hydrogens is 280 g/mol. The van der Waals surface area contributed by atoms with E-state index in [9.17, 15) is 13.2 Å². The number of hydrogen-bond acceptors (Lipinski definition) is 4. The Balaban J connectivity index is 3.34. The average molecular weight is 296 g/mol. The molecule has 0 saturated carbocycles. The normalized spacial score (nSPS) is 11.0. The van der Waals surface area contributed by atoms with Crippen LogP contribution in [-0.2, 0) is 14.8 Å². The Bertz CT molecular complexity index is 671. The van der Waals surface area contributed by atoms with Crippen molar-refractivity contribution in [2.45, 2.75) is 11.8 Å². The third kappa shape index (κ3) is 3.81. The predicted molar refractivity (Wildman–Crippen MR) is 74.2 cm³/mol. The van der Waals surface area contributed by atoms with Crippen molar-refractivity contribution < 1.29 is 18.3 Å². The van der Waals surface area contributed by atoms with Crippen LogP contribution in [0.15, 0.2) is 23.1 Å². The Morgan fingerprint density at radius 2 is 2.10 bits per heavy atom. The van der Waals surface area contributed by atoms with Crippen molar-refractivity contribution in [3.8, 4) is 11.8 Å². The number of nitrogens with zero attached hydrogens (tertiary/aromatic N) is 1. The van der Waals surface area contributed by atoms with Gasteiger partial charge in [-0.15, -0.1) is 0 Å². The monoisotopic (exact) mass is 296 g/mol. The smallest absolute Gasteiger partial charge is 0.244 e. The maximum atomic E-state index is 12.4. The first-order chi connectivity index (χ1) is 9.28. The molecule has 0 radical (unpaired) electrons. The van der Waals surface area contributed by atoms with E-state index in [-0.39, 0.29) is 17.1 Å². The number of likely N-dealkylation sites (N-methyl/N-ethyl adjacent to an activating group) is 1. The predicted octanol–water partition coefficient (Wildman–Crippen LogP) is -0.555. The maximum Gasteiger partial charge on any atom is 0.244 e. The van der Waals surface area contributed by atoms with E-state index in [2.05, 4.69) is 11.8 Å². The third-order valence-corrected chi connectivity index (χ3v) is 4.37. The van der Waals surface area contributed by atoms with Crippen molar-refractivity contribution in [3.63, 3.8) is 0 Å². The average Bonchev–Trinajstić information content (AvgIpc) is 2.35. The van der Waals surface area contributed by atoms with E-state index in [0.717, 1.165) is 9.87 Å². The molecule has 3 N–H and O–H groups in total. The minimum absolute atomic E-state index is 0.0206. The lowest BCUT2D eigenvalue weighted by molar-refractivity contribution is -0.118. The van der Waals surface area contributed by atoms with Gasteiger partial charge in [-0.25, -0.2) is 8.42 Å². The molecule has 7 heteroatoms. The zero-order chi connectivity index (χ0) is 15.3. The lowest BCUT2D eigenvalue weighted by Gasteiger charge is -2.16. The summed E-state index contributed by atoms with van der Waals surface area (Å²) in [7, 11) is -2.60. The van der Waals surface area contributed by atoms with E-state index in [1.54, 1.807) is 19.1 Å². The summed E-state index contributed by atoms with van der Waals surface area (Å²) in [6.07, 6.45) is 0. The van der Waals surface area contributed by atoms with Crippen molar-refractivity contribution in [3.05, 3.63) is 29.3 Å². The molecule has 0 unspecified atom stereocenters. The van der Waals surface area contributed by atoms with Crippen LogP contribution >= 0.6 is 0 Å². The zero-order valence-corrected chi connectivity index (χ0v) is 12.1. The van der Waals surface area contributed by atoms with E-state index in [1.807, 2.05) is 0 Å². The molecule has 1 aromatic rings. The Morgan fingerprint density at radius 3 is 2.65 bits per heavy atom. The Kier molecular flexibility index (Phi) is 5.27. The molecule has 0 aliphatic rings. The number of benzene rings is 1. The molecule has 108 valence electrons. The van der Waals surface area contributed by atoms with Gasteiger partial charge >= 0.3 is 0 Å². The van der Waals surface area contributed by atoms with Gasteiger partial charge in [0.1, 0.15) is 6.61 Å². The van der Waals surface area contributed by atoms with Gasteiger partial charge in [-0.3, -0.25) is 4.79 Å². The van der Waals surface area contributed by atoms with Crippen molar-refractivity contribution in [2.75, 3.05) is 20.2 Å². The van der Waals surface area contributed by atoms with Crippen LogP contribution in [0.25, 0.3) is 0 Å². The highest BCUT2D eigenvalue weighted by atomic mass is 32.2. The summed E-state index contributed by atoms with van der Waals surface area (Å²) in [4.78, 5) is 10.8. The zero-order valence-electron chi connectivity index (χ0n) is 11.3. The summed E-state index contributed by atoms with van der Waals surface area (Å²) >= 11 is 0. The van der Waals surface area contributed by atoms with E-state index < -0.39 is 22.5 Å². The van der Waals surface area contributed by atoms with Gasteiger partial charge in [-0.05, 0) is 24.6 Å². The summed E-state index contributed by atoms with van der Waals surface area (Å²) < 4.78 is 25.6. The molecule has 1 rings (SSSR count). The summed E-state index contributed by atoms with van der Waals surface area (Å²) in [5.74, 6) is 4.27. The summed E-state index contributed by atoms with van der Waals surface area (Å²) in [6, 6.07) is 4.66. The van der Waals surface area contributed by atoms with Crippen LogP contribution in [0, 0.1) is 18.8 Å². The molecule has 0 saturated heterocycles. The number of aliphatic hydroxyl groups excluding tert-OH is 1. The van der Waals surface area contributed by atoms with E-state index in [0.29, 0.717) is 0 Å². The second kappa shape index (κ2) is 6.52. The Labute approximate surface area is 118 Å². The van der Waals surface area contributed by atoms with E-state index in [1.165, 1.54) is 13.1 Å². The van der Waals surface area contributed by atoms with Crippen LogP contribution in [0.4, 0.5) is 0 Å². The van der Waals surface area contributed by atoms with Crippen LogP contribution < -0.4 is 5.73 Å². The van der Waals surface area contributed by atoms with Gasteiger partial charge in [0.25, 0.3) is 0 Å². The molecule has 0 aliphatic carbocycles. The lowest BCUT2D eigenvalue weighted by Crippen LogP contribution is -2.35. The highest BCUT2D eigenvalue weighted by Gasteiger charge is 2.24. The fraction of sp³-hybridized carbons (Fsp3) is 0.308. The number of aryl methyl sites for hydroxylation is 1. The van der Waals surface area contributed by atoms with Crippen molar-refractivity contribution in [1.29, 1.82) is 0 Å². The molecule has 0 spiro atoms. The fourth-order valence-corrected chi connectivity index (χ4v) is 2.83. The van der Waals surface area contributed by atoms with Gasteiger partial charge in [0.2, 0.25) is 15.9 Å². The van der Waals surface area contributed by atoms with Crippen molar-refractivity contribution in [2.24, 2.45) is 5.73 Å². The number of nitrogens with two attached hydrogens (primary N) is 1. The molecule has 0 aliphatic heterocycles. The number of carbonyl (C=O) groups is 1. The van der Waals surface area contributed by atoms with Crippen molar-refractivity contribution >= 4 is 15.9 Å². The van der Waals surface area contributed by atoms with E-state index in [4.69, 9.17) is 10.8 Å². The number of sulfonamides is 1. The highest BCUT2D eigenvalue weighted by Crippen LogP contribution is 2.20. The second-order valence-electron chi connectivity index (χ2n) is 4.19. The highest BCUT2D eigenvalue weighted by molar-refractivity contribution is 7.89. The number of hydrogen-bond donors (Lipinski definition) is 2. The molecule has 0 heterocycles. The third-order valence-electron chi connectivity index (χ3n) is 2.50. The van der Waals surface area contributed by atoms with Gasteiger partial charge in [-0.1, -0.05) is 17.9 Å². The summed E-state index contributed by atoms with van der Waals surface area (Å²) in [5, 5.41) is 8.72. The molecular formula is C13H16N2O4S. The van der Waals surface area contributed by atoms with Crippen LogP contribution in [0.1, 0.15) is 11.1 Å². The second-order valence-corrected chi connectivity index (χ2v) is 6.20. The number of primary amides is 1. The van der Waals surface area contributed by atoms with Gasteiger partial charge in [-0.2, -0.15) is 4.31 Å². The molecule has 0 aromatic heterocycles. The van der Waals surface area contributed by atoms with Gasteiger partial charge in [0, 0.05) is 12.6 Å². The van der Waals surface area contributed by atoms with Gasteiger partial charge in [0.05, 0.1) is 11.4 Å². The lowest BCUT2D eigenvalue weighted by atomic mass is 10.1. The first kappa shape index (κ1) is 16.2. The van der Waals surface area contributed by atoms with Crippen molar-refractivity contribution in [1.82, 2.24) is 4.31 Å². The molecule has 20 heavy (non-hydrogen) atoms. The molecule has 0 atom stereocenters. The molecule has 6 nitrogen and oxygen atoms in total. The minimum atomic E-state index is -3.86. The van der Waals surface area contributed by atoms with Gasteiger partial charge < -0.3 is 10.8 Å². The number of amides is 1. The van der Waals surface area contributed by atoms with Crippen LogP contribution in [0.2, 0.25) is 0 Å². The number of aliphatic hydroxyl groups is 1. The molecule has 0 bridgehead atoms. The molecule has 1 aromatic carbocycles. The molecule has 0 fully saturated rings. The molecule has 1 amide bonds. The quantitative estimate of drug-likeness (QED) is 0.728. The van der Waals surface area contributed by atoms with Crippen LogP contribution in [0.3, 0.4) is 0 Å². The standard InChI is InChI=1S/C13H16N2O4S/c1-10-5-6-12(11(8-10)4-3-7-16)20(18,19)15(2)9-13(14)17/h5-6,8,16H,7,9H2,1-2H3,(H2,14,17). The van der Waals surface area contributed by atoms with Crippen LogP contribution in [-0.4, -0.2) is 43.9 Å². The fourth-order valence-electron chi connectivity index (χ4n) is 1.57.